The molecule has 0 radical (unpaired) electrons. The Morgan fingerprint density at radius 2 is 1.28 bits per heavy atom. The van der Waals surface area contributed by atoms with Crippen LogP contribution in [0.2, 0.25) is 0 Å². The van der Waals surface area contributed by atoms with E-state index in [2.05, 4.69) is 106 Å². The van der Waals surface area contributed by atoms with Crippen molar-refractivity contribution in [1.82, 2.24) is 0 Å². The predicted octanol–water partition coefficient (Wildman–Crippen LogP) is 9.38. The minimum absolute atomic E-state index is 0.0883. The molecule has 146 valence electrons. The molecule has 4 aromatic carbocycles. The summed E-state index contributed by atoms with van der Waals surface area (Å²) in [5, 5.41) is 5.41. The standard InChI is InChI=1S/C27H24Br2/c1-3-15-27(16-4-2)20-12-8-7-11-19(20)24-25-22(29)14-13-21(28)23(25)17-9-5-6-10-18(17)26(24)27/h5-14H,3-4,15-16H2,1-2H3. The summed E-state index contributed by atoms with van der Waals surface area (Å²) < 4.78 is 2.34. The maximum atomic E-state index is 3.92. The first-order chi connectivity index (χ1) is 14.1. The lowest BCUT2D eigenvalue weighted by Crippen LogP contribution is -2.25. The van der Waals surface area contributed by atoms with Crippen molar-refractivity contribution in [1.29, 1.82) is 0 Å². The Morgan fingerprint density at radius 1 is 0.690 bits per heavy atom. The van der Waals surface area contributed by atoms with Gasteiger partial charge in [-0.25, -0.2) is 0 Å². The number of benzene rings is 4. The molecule has 1 aliphatic rings. The van der Waals surface area contributed by atoms with Crippen molar-refractivity contribution in [2.24, 2.45) is 0 Å². The van der Waals surface area contributed by atoms with Gasteiger partial charge in [0.25, 0.3) is 0 Å². The van der Waals surface area contributed by atoms with Crippen LogP contribution in [0.4, 0.5) is 0 Å². The Labute approximate surface area is 189 Å². The molecule has 0 bridgehead atoms. The van der Waals surface area contributed by atoms with E-state index < -0.39 is 0 Å². The van der Waals surface area contributed by atoms with Crippen LogP contribution in [0.25, 0.3) is 32.7 Å². The normalized spacial score (nSPS) is 14.3. The van der Waals surface area contributed by atoms with E-state index in [0.717, 1.165) is 4.47 Å². The van der Waals surface area contributed by atoms with Gasteiger partial charge in [0.1, 0.15) is 0 Å². The van der Waals surface area contributed by atoms with Crippen LogP contribution in [-0.4, -0.2) is 0 Å². The molecule has 0 heterocycles. The average Bonchev–Trinajstić information content (AvgIpc) is 3.02. The Kier molecular flexibility index (Phi) is 4.83. The highest BCUT2D eigenvalue weighted by molar-refractivity contribution is 9.11. The Morgan fingerprint density at radius 3 is 1.97 bits per heavy atom. The van der Waals surface area contributed by atoms with E-state index in [-0.39, 0.29) is 5.41 Å². The molecule has 0 saturated heterocycles. The van der Waals surface area contributed by atoms with Crippen LogP contribution in [0.3, 0.4) is 0 Å². The zero-order valence-electron chi connectivity index (χ0n) is 16.9. The maximum absolute atomic E-state index is 3.92. The number of fused-ring (bicyclic) bond motifs is 8. The molecule has 0 saturated carbocycles. The molecule has 5 rings (SSSR count). The second-order valence-electron chi connectivity index (χ2n) is 8.20. The number of hydrogen-bond donors (Lipinski definition) is 0. The average molecular weight is 508 g/mol. The third-order valence-electron chi connectivity index (χ3n) is 6.61. The quantitative estimate of drug-likeness (QED) is 0.241. The van der Waals surface area contributed by atoms with Gasteiger partial charge in [0, 0.05) is 25.1 Å². The van der Waals surface area contributed by atoms with E-state index in [9.17, 15) is 0 Å². The van der Waals surface area contributed by atoms with Gasteiger partial charge < -0.3 is 0 Å². The zero-order chi connectivity index (χ0) is 20.2. The van der Waals surface area contributed by atoms with Crippen molar-refractivity contribution in [3.05, 3.63) is 80.7 Å². The maximum Gasteiger partial charge on any atom is 0.0261 e. The van der Waals surface area contributed by atoms with E-state index in [1.807, 2.05) is 0 Å². The van der Waals surface area contributed by atoms with Gasteiger partial charge in [0.2, 0.25) is 0 Å². The molecule has 29 heavy (non-hydrogen) atoms. The second kappa shape index (κ2) is 7.25. The van der Waals surface area contributed by atoms with E-state index >= 15 is 0 Å². The molecule has 4 aromatic rings. The first-order valence-corrected chi connectivity index (χ1v) is 12.2. The molecule has 1 aliphatic carbocycles. The molecule has 0 unspecified atom stereocenters. The SMILES string of the molecule is CCCC1(CCC)c2ccccc2-c2c1c1ccccc1c1c(Br)ccc(Br)c21. The largest absolute Gasteiger partial charge is 0.0653 e. The summed E-state index contributed by atoms with van der Waals surface area (Å²) >= 11 is 7.79. The van der Waals surface area contributed by atoms with Gasteiger partial charge in [-0.05, 0) is 58.0 Å². The van der Waals surface area contributed by atoms with Crippen LogP contribution in [0, 0.1) is 0 Å². The molecule has 0 aromatic heterocycles. The lowest BCUT2D eigenvalue weighted by atomic mass is 9.70. The number of rotatable bonds is 4. The van der Waals surface area contributed by atoms with Crippen molar-refractivity contribution in [3.8, 4) is 11.1 Å². The number of hydrogen-bond acceptors (Lipinski definition) is 0. The highest BCUT2D eigenvalue weighted by Gasteiger charge is 2.44. The molecule has 2 heteroatoms. The van der Waals surface area contributed by atoms with Gasteiger partial charge in [0.15, 0.2) is 0 Å². The third-order valence-corrected chi connectivity index (χ3v) is 7.94. The molecular formula is C27H24Br2. The molecule has 0 nitrogen and oxygen atoms in total. The van der Waals surface area contributed by atoms with Crippen molar-refractivity contribution in [3.63, 3.8) is 0 Å². The summed E-state index contributed by atoms with van der Waals surface area (Å²) in [5.41, 5.74) is 6.00. The minimum atomic E-state index is 0.0883. The first kappa shape index (κ1) is 19.3. The molecule has 0 amide bonds. The van der Waals surface area contributed by atoms with Gasteiger partial charge in [-0.3, -0.25) is 0 Å². The van der Waals surface area contributed by atoms with Crippen molar-refractivity contribution in [2.45, 2.75) is 44.9 Å². The minimum Gasteiger partial charge on any atom is -0.0653 e. The molecule has 0 N–H and O–H groups in total. The monoisotopic (exact) mass is 506 g/mol. The van der Waals surface area contributed by atoms with Crippen LogP contribution in [0.1, 0.15) is 50.7 Å². The topological polar surface area (TPSA) is 0 Å². The smallest absolute Gasteiger partial charge is 0.0261 e. The summed E-state index contributed by atoms with van der Waals surface area (Å²) in [7, 11) is 0. The fraction of sp³-hybridized carbons (Fsp3) is 0.259. The summed E-state index contributed by atoms with van der Waals surface area (Å²) in [5.74, 6) is 0. The van der Waals surface area contributed by atoms with Crippen LogP contribution in [-0.2, 0) is 5.41 Å². The van der Waals surface area contributed by atoms with Crippen molar-refractivity contribution in [2.75, 3.05) is 0 Å². The fourth-order valence-corrected chi connectivity index (χ4v) is 6.83. The summed E-state index contributed by atoms with van der Waals surface area (Å²) in [4.78, 5) is 0. The second-order valence-corrected chi connectivity index (χ2v) is 9.91. The molecule has 0 fully saturated rings. The highest BCUT2D eigenvalue weighted by atomic mass is 79.9. The van der Waals surface area contributed by atoms with E-state index in [1.54, 1.807) is 5.56 Å². The van der Waals surface area contributed by atoms with Gasteiger partial charge in [-0.1, -0.05) is 107 Å². The Hall–Kier alpha value is -1.64. The lowest BCUT2D eigenvalue weighted by molar-refractivity contribution is 0.439. The summed E-state index contributed by atoms with van der Waals surface area (Å²) in [6, 6.07) is 22.5. The first-order valence-electron chi connectivity index (χ1n) is 10.6. The lowest BCUT2D eigenvalue weighted by Gasteiger charge is -2.33. The van der Waals surface area contributed by atoms with Crippen LogP contribution < -0.4 is 0 Å². The van der Waals surface area contributed by atoms with Crippen LogP contribution >= 0.6 is 31.9 Å². The molecule has 0 spiro atoms. The third kappa shape index (κ3) is 2.61. The summed E-state index contributed by atoms with van der Waals surface area (Å²) in [6.45, 7) is 4.65. The van der Waals surface area contributed by atoms with Gasteiger partial charge in [0.05, 0.1) is 0 Å². The van der Waals surface area contributed by atoms with Gasteiger partial charge in [-0.2, -0.15) is 0 Å². The molecule has 0 atom stereocenters. The Bertz CT molecular complexity index is 1250. The van der Waals surface area contributed by atoms with Crippen molar-refractivity contribution < 1.29 is 0 Å². The molecule has 0 aliphatic heterocycles. The highest BCUT2D eigenvalue weighted by Crippen LogP contribution is 2.59. The van der Waals surface area contributed by atoms with Gasteiger partial charge in [-0.15, -0.1) is 0 Å². The molecular weight excluding hydrogens is 484 g/mol. The van der Waals surface area contributed by atoms with Crippen molar-refractivity contribution >= 4 is 53.4 Å². The Balaban J connectivity index is 2.10. The zero-order valence-corrected chi connectivity index (χ0v) is 20.0. The van der Waals surface area contributed by atoms with E-state index in [0.29, 0.717) is 0 Å². The van der Waals surface area contributed by atoms with E-state index in [1.165, 1.54) is 68.4 Å². The van der Waals surface area contributed by atoms with Gasteiger partial charge >= 0.3 is 0 Å². The van der Waals surface area contributed by atoms with Crippen LogP contribution in [0.5, 0.6) is 0 Å². The number of halogens is 2. The fourth-order valence-electron chi connectivity index (χ4n) is 5.76. The summed E-state index contributed by atoms with van der Waals surface area (Å²) in [6.07, 6.45) is 4.73. The van der Waals surface area contributed by atoms with Crippen LogP contribution in [0.15, 0.2) is 69.6 Å². The predicted molar refractivity (Wildman–Crippen MR) is 133 cm³/mol. The van der Waals surface area contributed by atoms with E-state index in [4.69, 9.17) is 0 Å².